The Morgan fingerprint density at radius 3 is 2.23 bits per heavy atom. The summed E-state index contributed by atoms with van der Waals surface area (Å²) in [6.07, 6.45) is 9.04. The Hall–Kier alpha value is -2.95. The quantitative estimate of drug-likeness (QED) is 0.814. The van der Waals surface area contributed by atoms with Gasteiger partial charge in [-0.15, -0.1) is 0 Å². The summed E-state index contributed by atoms with van der Waals surface area (Å²) >= 11 is 0. The summed E-state index contributed by atoms with van der Waals surface area (Å²) in [6, 6.07) is 11.6. The van der Waals surface area contributed by atoms with Gasteiger partial charge in [-0.2, -0.15) is 0 Å². The van der Waals surface area contributed by atoms with Crippen molar-refractivity contribution in [3.8, 4) is 0 Å². The molecule has 0 spiro atoms. The Labute approximate surface area is 151 Å². The third-order valence-corrected chi connectivity index (χ3v) is 5.43. The Morgan fingerprint density at radius 1 is 0.962 bits per heavy atom. The van der Waals surface area contributed by atoms with Crippen LogP contribution in [0.5, 0.6) is 0 Å². The number of nitrogens with zero attached hydrogens (tertiary/aromatic N) is 1. The second-order valence-electron chi connectivity index (χ2n) is 7.06. The van der Waals surface area contributed by atoms with Crippen LogP contribution in [0, 0.1) is 23.7 Å². The van der Waals surface area contributed by atoms with E-state index in [4.69, 9.17) is 0 Å². The molecule has 26 heavy (non-hydrogen) atoms. The van der Waals surface area contributed by atoms with Crippen LogP contribution in [0.2, 0.25) is 0 Å². The lowest BCUT2D eigenvalue weighted by Crippen LogP contribution is -2.36. The van der Waals surface area contributed by atoms with E-state index < -0.39 is 17.8 Å². The van der Waals surface area contributed by atoms with E-state index >= 15 is 0 Å². The largest absolute Gasteiger partial charge is 0.481 e. The number of carbonyl (C=O) groups excluding carboxylic acids is 1. The summed E-state index contributed by atoms with van der Waals surface area (Å²) in [6.45, 7) is 0. The minimum atomic E-state index is -0.880. The van der Waals surface area contributed by atoms with Crippen molar-refractivity contribution in [1.29, 1.82) is 0 Å². The summed E-state index contributed by atoms with van der Waals surface area (Å²) in [5.74, 6) is -2.16. The average Bonchev–Trinajstić information content (AvgIpc) is 3.25. The Kier molecular flexibility index (Phi) is 4.29. The number of benzene rings is 1. The highest BCUT2D eigenvalue weighted by Gasteiger charge is 2.51. The number of fused-ring (bicyclic) bond motifs is 2. The summed E-state index contributed by atoms with van der Waals surface area (Å²) in [4.78, 5) is 28.3. The van der Waals surface area contributed by atoms with Gasteiger partial charge in [0.25, 0.3) is 0 Å². The standard InChI is InChI=1S/C21H20N2O3/c24-20(18-15-3-4-16(12-15)19(18)21(25)26)23-17-5-1-13(2-6-17)11-14-7-9-22-10-8-14/h1-10,15-16,18-19H,11-12H2,(H,23,24)(H,25,26)/t15-,16+,18+,19+/m1/s1. The maximum atomic E-state index is 12.7. The minimum Gasteiger partial charge on any atom is -0.481 e. The van der Waals surface area contributed by atoms with Gasteiger partial charge in [-0.25, -0.2) is 0 Å². The number of nitrogens with one attached hydrogen (secondary N) is 1. The van der Waals surface area contributed by atoms with Crippen LogP contribution in [0.3, 0.4) is 0 Å². The molecule has 2 aromatic rings. The molecule has 0 radical (unpaired) electrons. The number of anilines is 1. The number of carboxylic acid groups (broad SMARTS) is 1. The molecule has 1 aromatic carbocycles. The number of amides is 1. The number of aliphatic carboxylic acids is 1. The van der Waals surface area contributed by atoms with Crippen molar-refractivity contribution in [2.45, 2.75) is 12.8 Å². The lowest BCUT2D eigenvalue weighted by atomic mass is 9.82. The number of pyridine rings is 1. The molecule has 4 atom stereocenters. The van der Waals surface area contributed by atoms with Crippen LogP contribution >= 0.6 is 0 Å². The molecule has 0 saturated heterocycles. The predicted octanol–water partition coefficient (Wildman–Crippen LogP) is 3.13. The monoisotopic (exact) mass is 348 g/mol. The first-order valence-electron chi connectivity index (χ1n) is 8.81. The lowest BCUT2D eigenvalue weighted by molar-refractivity contribution is -0.146. The van der Waals surface area contributed by atoms with E-state index in [1.54, 1.807) is 12.4 Å². The molecule has 5 nitrogen and oxygen atoms in total. The second kappa shape index (κ2) is 6.75. The van der Waals surface area contributed by atoms with Crippen molar-refractivity contribution < 1.29 is 14.7 Å². The molecule has 0 unspecified atom stereocenters. The molecular weight excluding hydrogens is 328 g/mol. The first kappa shape index (κ1) is 16.5. The molecule has 1 fully saturated rings. The lowest BCUT2D eigenvalue weighted by Gasteiger charge is -2.23. The highest BCUT2D eigenvalue weighted by molar-refractivity contribution is 5.96. The molecule has 1 heterocycles. The number of hydrogen-bond acceptors (Lipinski definition) is 3. The topological polar surface area (TPSA) is 79.3 Å². The van der Waals surface area contributed by atoms with E-state index in [0.29, 0.717) is 5.69 Å². The zero-order chi connectivity index (χ0) is 18.1. The van der Waals surface area contributed by atoms with Gasteiger partial charge in [0.15, 0.2) is 0 Å². The number of hydrogen-bond donors (Lipinski definition) is 2. The fourth-order valence-electron chi connectivity index (χ4n) is 4.18. The van der Waals surface area contributed by atoms with Crippen LogP contribution in [0.25, 0.3) is 0 Å². The van der Waals surface area contributed by atoms with Gasteiger partial charge in [0, 0.05) is 18.1 Å². The van der Waals surface area contributed by atoms with Crippen LogP contribution in [-0.4, -0.2) is 22.0 Å². The molecule has 1 saturated carbocycles. The molecule has 2 N–H and O–H groups in total. The Balaban J connectivity index is 1.43. The number of carboxylic acids is 1. The highest BCUT2D eigenvalue weighted by atomic mass is 16.4. The maximum absolute atomic E-state index is 12.7. The van der Waals surface area contributed by atoms with Gasteiger partial charge in [0.2, 0.25) is 5.91 Å². The van der Waals surface area contributed by atoms with E-state index in [1.807, 2.05) is 48.6 Å². The molecule has 5 heteroatoms. The highest BCUT2D eigenvalue weighted by Crippen LogP contribution is 2.48. The molecule has 0 aliphatic heterocycles. The fourth-order valence-corrected chi connectivity index (χ4v) is 4.18. The first-order chi connectivity index (χ1) is 12.6. The van der Waals surface area contributed by atoms with Crippen molar-refractivity contribution in [3.05, 3.63) is 72.1 Å². The third kappa shape index (κ3) is 3.12. The smallest absolute Gasteiger partial charge is 0.307 e. The first-order valence-corrected chi connectivity index (χ1v) is 8.81. The number of allylic oxidation sites excluding steroid dienone is 2. The van der Waals surface area contributed by atoms with Crippen molar-refractivity contribution in [2.75, 3.05) is 5.32 Å². The molecule has 132 valence electrons. The normalized spacial score (nSPS) is 26.0. The molecule has 2 aliphatic carbocycles. The van der Waals surface area contributed by atoms with Crippen molar-refractivity contribution >= 4 is 17.6 Å². The Bertz CT molecular complexity index is 845. The van der Waals surface area contributed by atoms with Gasteiger partial charge in [0.1, 0.15) is 0 Å². The van der Waals surface area contributed by atoms with E-state index in [1.165, 1.54) is 5.56 Å². The molecule has 2 bridgehead atoms. The summed E-state index contributed by atoms with van der Waals surface area (Å²) in [5.41, 5.74) is 3.01. The molecular formula is C21H20N2O3. The van der Waals surface area contributed by atoms with Crippen molar-refractivity contribution in [1.82, 2.24) is 4.98 Å². The summed E-state index contributed by atoms with van der Waals surface area (Å²) in [7, 11) is 0. The Morgan fingerprint density at radius 2 is 1.58 bits per heavy atom. The van der Waals surface area contributed by atoms with Crippen molar-refractivity contribution in [2.24, 2.45) is 23.7 Å². The van der Waals surface area contributed by atoms with Gasteiger partial charge in [-0.05, 0) is 60.1 Å². The molecule has 1 aromatic heterocycles. The van der Waals surface area contributed by atoms with Crippen LogP contribution in [0.15, 0.2) is 60.9 Å². The van der Waals surface area contributed by atoms with E-state index in [-0.39, 0.29) is 17.7 Å². The molecule has 4 rings (SSSR count). The molecule has 1 amide bonds. The third-order valence-electron chi connectivity index (χ3n) is 5.43. The van der Waals surface area contributed by atoms with Crippen LogP contribution in [-0.2, 0) is 16.0 Å². The minimum absolute atomic E-state index is 0.0176. The van der Waals surface area contributed by atoms with Crippen molar-refractivity contribution in [3.63, 3.8) is 0 Å². The van der Waals surface area contributed by atoms with E-state index in [9.17, 15) is 14.7 Å². The zero-order valence-electron chi connectivity index (χ0n) is 14.2. The van der Waals surface area contributed by atoms with Crippen LogP contribution in [0.1, 0.15) is 17.5 Å². The number of rotatable bonds is 5. The van der Waals surface area contributed by atoms with Crippen LogP contribution < -0.4 is 5.32 Å². The van der Waals surface area contributed by atoms with E-state index in [0.717, 1.165) is 18.4 Å². The van der Waals surface area contributed by atoms with Gasteiger partial charge < -0.3 is 10.4 Å². The second-order valence-corrected chi connectivity index (χ2v) is 7.06. The summed E-state index contributed by atoms with van der Waals surface area (Å²) < 4.78 is 0. The molecule has 2 aliphatic rings. The van der Waals surface area contributed by atoms with Gasteiger partial charge in [-0.1, -0.05) is 24.3 Å². The summed E-state index contributed by atoms with van der Waals surface area (Å²) in [5, 5.41) is 12.4. The fraction of sp³-hybridized carbons (Fsp3) is 0.286. The zero-order valence-corrected chi connectivity index (χ0v) is 14.2. The SMILES string of the molecule is O=C(Nc1ccc(Cc2ccncc2)cc1)[C@@H]1[C@@H](C(=O)O)[C@H]2C=C[C@@H]1C2. The number of aromatic nitrogens is 1. The average molecular weight is 348 g/mol. The van der Waals surface area contributed by atoms with Gasteiger partial charge >= 0.3 is 5.97 Å². The van der Waals surface area contributed by atoms with Gasteiger partial charge in [-0.3, -0.25) is 14.6 Å². The maximum Gasteiger partial charge on any atom is 0.307 e. The predicted molar refractivity (Wildman–Crippen MR) is 97.5 cm³/mol. The van der Waals surface area contributed by atoms with Crippen LogP contribution in [0.4, 0.5) is 5.69 Å². The number of carbonyl (C=O) groups is 2. The van der Waals surface area contributed by atoms with E-state index in [2.05, 4.69) is 10.3 Å². The van der Waals surface area contributed by atoms with Gasteiger partial charge in [0.05, 0.1) is 11.8 Å².